The van der Waals surface area contributed by atoms with E-state index in [2.05, 4.69) is 6.92 Å². The number of aliphatic hydroxyl groups is 3. The zero-order chi connectivity index (χ0) is 16.6. The summed E-state index contributed by atoms with van der Waals surface area (Å²) in [6, 6.07) is 0. The molecule has 2 heterocycles. The van der Waals surface area contributed by atoms with Crippen molar-refractivity contribution in [1.29, 1.82) is 0 Å². The average Bonchev–Trinajstić information content (AvgIpc) is 3.20. The zero-order valence-corrected chi connectivity index (χ0v) is 13.6. The van der Waals surface area contributed by atoms with Crippen LogP contribution >= 0.6 is 0 Å². The summed E-state index contributed by atoms with van der Waals surface area (Å²) in [5, 5.41) is 27.5. The van der Waals surface area contributed by atoms with Crippen molar-refractivity contribution >= 4 is 5.97 Å². The molecule has 4 fully saturated rings. The number of hydrogen-bond acceptors (Lipinski definition) is 6. The quantitative estimate of drug-likeness (QED) is 0.632. The lowest BCUT2D eigenvalue weighted by Crippen LogP contribution is -2.23. The van der Waals surface area contributed by atoms with Gasteiger partial charge in [0.1, 0.15) is 6.10 Å². The number of esters is 1. The number of rotatable bonds is 2. The molecule has 0 spiro atoms. The average molecular weight is 328 g/mol. The fourth-order valence-electron chi connectivity index (χ4n) is 4.91. The molecule has 0 bridgehead atoms. The Morgan fingerprint density at radius 3 is 2.52 bits per heavy atom. The fraction of sp³-hybridized carbons (Fsp3) is 0.941. The van der Waals surface area contributed by atoms with Gasteiger partial charge in [-0.25, -0.2) is 0 Å². The molecule has 23 heavy (non-hydrogen) atoms. The Morgan fingerprint density at radius 2 is 1.83 bits per heavy atom. The Morgan fingerprint density at radius 1 is 1.09 bits per heavy atom. The van der Waals surface area contributed by atoms with Crippen LogP contribution in [0.1, 0.15) is 32.6 Å². The van der Waals surface area contributed by atoms with Gasteiger partial charge in [0.05, 0.1) is 18.6 Å². The van der Waals surface area contributed by atoms with E-state index in [4.69, 9.17) is 19.7 Å². The summed E-state index contributed by atoms with van der Waals surface area (Å²) in [6.45, 7) is 3.44. The van der Waals surface area contributed by atoms with Crippen LogP contribution in [-0.2, 0) is 14.3 Å². The van der Waals surface area contributed by atoms with E-state index in [0.29, 0.717) is 43.3 Å². The molecule has 6 nitrogen and oxygen atoms in total. The maximum atomic E-state index is 10.8. The van der Waals surface area contributed by atoms with Crippen molar-refractivity contribution in [2.24, 2.45) is 29.6 Å². The third-order valence-corrected chi connectivity index (χ3v) is 6.25. The lowest BCUT2D eigenvalue weighted by atomic mass is 9.90. The Labute approximate surface area is 136 Å². The minimum Gasteiger partial charge on any atom is -0.462 e. The van der Waals surface area contributed by atoms with Crippen molar-refractivity contribution in [2.45, 2.75) is 50.9 Å². The molecule has 132 valence electrons. The second-order valence-corrected chi connectivity index (χ2v) is 7.47. The van der Waals surface area contributed by atoms with Crippen molar-refractivity contribution in [3.8, 4) is 0 Å². The highest BCUT2D eigenvalue weighted by Crippen LogP contribution is 2.43. The molecule has 0 aromatic heterocycles. The summed E-state index contributed by atoms with van der Waals surface area (Å²) in [4.78, 5) is 10.8. The molecule has 2 aliphatic heterocycles. The minimum atomic E-state index is -0.502. The van der Waals surface area contributed by atoms with Crippen LogP contribution in [0.15, 0.2) is 0 Å². The highest BCUT2D eigenvalue weighted by molar-refractivity contribution is 5.72. The summed E-state index contributed by atoms with van der Waals surface area (Å²) in [6.07, 6.45) is 3.00. The summed E-state index contributed by atoms with van der Waals surface area (Å²) in [5.74, 6) is 1.52. The molecule has 0 unspecified atom stereocenters. The normalized spacial score (nSPS) is 47.7. The van der Waals surface area contributed by atoms with Gasteiger partial charge in [0.25, 0.3) is 0 Å². The number of aliphatic hydroxyl groups excluding tert-OH is 3. The lowest BCUT2D eigenvalue weighted by Gasteiger charge is -2.16. The van der Waals surface area contributed by atoms with Crippen molar-refractivity contribution in [1.82, 2.24) is 0 Å². The van der Waals surface area contributed by atoms with Gasteiger partial charge in [0, 0.05) is 38.1 Å². The van der Waals surface area contributed by atoms with Crippen LogP contribution in [0.4, 0.5) is 0 Å². The van der Waals surface area contributed by atoms with Crippen molar-refractivity contribution in [3.05, 3.63) is 0 Å². The van der Waals surface area contributed by atoms with Gasteiger partial charge < -0.3 is 24.8 Å². The molecule has 0 radical (unpaired) electrons. The van der Waals surface area contributed by atoms with Crippen LogP contribution in [0.3, 0.4) is 0 Å². The van der Waals surface area contributed by atoms with Crippen LogP contribution in [0, 0.1) is 29.6 Å². The predicted octanol–water partition coefficient (Wildman–Crippen LogP) is 0.331. The van der Waals surface area contributed by atoms with Crippen LogP contribution in [-0.4, -0.2) is 59.4 Å². The minimum absolute atomic E-state index is 0.0394. The summed E-state index contributed by atoms with van der Waals surface area (Å²) < 4.78 is 10.5. The van der Waals surface area contributed by atoms with Gasteiger partial charge in [-0.2, -0.15) is 0 Å². The molecule has 8 atom stereocenters. The second kappa shape index (κ2) is 7.05. The van der Waals surface area contributed by atoms with E-state index >= 15 is 0 Å². The largest absolute Gasteiger partial charge is 0.462 e. The zero-order valence-electron chi connectivity index (χ0n) is 13.6. The van der Waals surface area contributed by atoms with E-state index in [1.807, 2.05) is 0 Å². The Hall–Kier alpha value is -0.690. The Bertz CT molecular complexity index is 427. The summed E-state index contributed by atoms with van der Waals surface area (Å²) >= 11 is 0. The lowest BCUT2D eigenvalue weighted by molar-refractivity contribution is -0.141. The van der Waals surface area contributed by atoms with Crippen LogP contribution in [0.5, 0.6) is 0 Å². The first-order chi connectivity index (χ1) is 11.0. The number of carbonyl (C=O) groups excluding carboxylic acids is 1. The van der Waals surface area contributed by atoms with Crippen molar-refractivity contribution in [3.63, 3.8) is 0 Å². The standard InChI is InChI=1S/C9H16O2.C8H12O4/c1-6-4-9-7(2-3-11-9)8(6)5-10;9-3-5-4-1-8(11)12-7(4)2-6(5)10/h6-10H,2-5H2,1H3;4-7,9-10H,1-3H2/t6-,7-,8+,9+;4-,5-,6-,7+/m11/s1. The third kappa shape index (κ3) is 3.27. The monoisotopic (exact) mass is 328 g/mol. The van der Waals surface area contributed by atoms with Crippen LogP contribution in [0.25, 0.3) is 0 Å². The molecular weight excluding hydrogens is 300 g/mol. The van der Waals surface area contributed by atoms with Crippen LogP contribution in [0.2, 0.25) is 0 Å². The summed E-state index contributed by atoms with van der Waals surface area (Å²) in [7, 11) is 0. The molecule has 0 amide bonds. The van der Waals surface area contributed by atoms with Gasteiger partial charge in [0.15, 0.2) is 0 Å². The van der Waals surface area contributed by atoms with Crippen molar-refractivity contribution < 1.29 is 29.6 Å². The number of fused-ring (bicyclic) bond motifs is 2. The smallest absolute Gasteiger partial charge is 0.306 e. The van der Waals surface area contributed by atoms with E-state index in [0.717, 1.165) is 13.0 Å². The van der Waals surface area contributed by atoms with Gasteiger partial charge >= 0.3 is 5.97 Å². The van der Waals surface area contributed by atoms with Gasteiger partial charge in [0.2, 0.25) is 0 Å². The highest BCUT2D eigenvalue weighted by atomic mass is 16.6. The molecular formula is C17H28O6. The molecule has 4 rings (SSSR count). The second-order valence-electron chi connectivity index (χ2n) is 7.47. The highest BCUT2D eigenvalue weighted by Gasteiger charge is 2.49. The third-order valence-electron chi connectivity index (χ3n) is 6.25. The first kappa shape index (κ1) is 17.1. The molecule has 0 aromatic carbocycles. The van der Waals surface area contributed by atoms with Gasteiger partial charge in [-0.15, -0.1) is 0 Å². The number of hydrogen-bond donors (Lipinski definition) is 3. The molecule has 6 heteroatoms. The van der Waals surface area contributed by atoms with E-state index < -0.39 is 6.10 Å². The molecule has 3 N–H and O–H groups in total. The maximum absolute atomic E-state index is 10.8. The molecule has 2 saturated carbocycles. The molecule has 4 aliphatic rings. The van der Waals surface area contributed by atoms with Crippen LogP contribution < -0.4 is 0 Å². The van der Waals surface area contributed by atoms with Gasteiger partial charge in [-0.1, -0.05) is 6.92 Å². The first-order valence-corrected chi connectivity index (χ1v) is 8.76. The number of carbonyl (C=O) groups is 1. The first-order valence-electron chi connectivity index (χ1n) is 8.76. The van der Waals surface area contributed by atoms with E-state index in [1.54, 1.807) is 0 Å². The number of ether oxygens (including phenoxy) is 2. The van der Waals surface area contributed by atoms with E-state index in [1.165, 1.54) is 6.42 Å². The van der Waals surface area contributed by atoms with E-state index in [-0.39, 0.29) is 30.5 Å². The van der Waals surface area contributed by atoms with E-state index in [9.17, 15) is 9.90 Å². The maximum Gasteiger partial charge on any atom is 0.306 e. The van der Waals surface area contributed by atoms with Gasteiger partial charge in [-0.3, -0.25) is 4.79 Å². The Kier molecular flexibility index (Phi) is 5.26. The topological polar surface area (TPSA) is 96.2 Å². The molecule has 2 saturated heterocycles. The fourth-order valence-corrected chi connectivity index (χ4v) is 4.91. The van der Waals surface area contributed by atoms with Gasteiger partial charge in [-0.05, 0) is 30.6 Å². The molecule has 0 aromatic rings. The SMILES string of the molecule is C[C@@H]1C[C@@H]2OCC[C@@H]2[C@H]1CO.O=C1C[C@@H]2[C@@H](CO)[C@H](O)C[C@@H]2O1. The van der Waals surface area contributed by atoms with Crippen molar-refractivity contribution in [2.75, 3.05) is 19.8 Å². The summed E-state index contributed by atoms with van der Waals surface area (Å²) in [5.41, 5.74) is 0. The Balaban J connectivity index is 0.000000136. The predicted molar refractivity (Wildman–Crippen MR) is 81.4 cm³/mol. The molecule has 2 aliphatic carbocycles.